The van der Waals surface area contributed by atoms with Gasteiger partial charge in [0.2, 0.25) is 0 Å². The molecule has 4 rings (SSSR count). The molecule has 3 aromatic rings. The summed E-state index contributed by atoms with van der Waals surface area (Å²) in [4.78, 5) is 4.49. The van der Waals surface area contributed by atoms with Gasteiger partial charge in [0.15, 0.2) is 11.5 Å². The molecule has 1 aliphatic heterocycles. The van der Waals surface area contributed by atoms with Crippen LogP contribution in [0.25, 0.3) is 10.6 Å². The highest BCUT2D eigenvalue weighted by atomic mass is 32.1. The Kier molecular flexibility index (Phi) is 4.65. The van der Waals surface area contributed by atoms with E-state index in [4.69, 9.17) is 9.47 Å². The van der Waals surface area contributed by atoms with E-state index in [1.54, 1.807) is 0 Å². The summed E-state index contributed by atoms with van der Waals surface area (Å²) in [5.41, 5.74) is 1.69. The summed E-state index contributed by atoms with van der Waals surface area (Å²) in [6, 6.07) is 10.7. The Morgan fingerprint density at radius 2 is 1.74 bits per heavy atom. The Balaban J connectivity index is 1.42. The number of hydrogen-bond acceptors (Lipinski definition) is 5. The number of halogens is 3. The molecule has 0 spiro atoms. The summed E-state index contributed by atoms with van der Waals surface area (Å²) in [7, 11) is 0. The van der Waals surface area contributed by atoms with Crippen molar-refractivity contribution in [2.45, 2.75) is 12.7 Å². The zero-order chi connectivity index (χ0) is 18.9. The minimum Gasteiger partial charge on any atom is -0.486 e. The van der Waals surface area contributed by atoms with Gasteiger partial charge in [-0.15, -0.1) is 11.3 Å². The van der Waals surface area contributed by atoms with Gasteiger partial charge in [-0.3, -0.25) is 0 Å². The normalized spacial score (nSPS) is 13.4. The zero-order valence-electron chi connectivity index (χ0n) is 14.0. The fourth-order valence-electron chi connectivity index (χ4n) is 2.67. The molecule has 1 aromatic heterocycles. The highest BCUT2D eigenvalue weighted by molar-refractivity contribution is 7.13. The van der Waals surface area contributed by atoms with Gasteiger partial charge in [0.1, 0.15) is 18.2 Å². The molecule has 0 fully saturated rings. The van der Waals surface area contributed by atoms with E-state index in [1.807, 2.05) is 23.6 Å². The lowest BCUT2D eigenvalue weighted by Crippen LogP contribution is -2.15. The lowest BCUT2D eigenvalue weighted by atomic mass is 10.1. The van der Waals surface area contributed by atoms with E-state index < -0.39 is 11.7 Å². The SMILES string of the molecule is FC(F)(F)c1ccc(-c2nc(CNc3ccc4c(c3)OCCO4)cs2)cc1. The largest absolute Gasteiger partial charge is 0.486 e. The van der Waals surface area contributed by atoms with Crippen LogP contribution in [0.1, 0.15) is 11.3 Å². The van der Waals surface area contributed by atoms with E-state index in [2.05, 4.69) is 10.3 Å². The van der Waals surface area contributed by atoms with E-state index in [9.17, 15) is 13.2 Å². The summed E-state index contributed by atoms with van der Waals surface area (Å²) in [5, 5.41) is 5.83. The summed E-state index contributed by atoms with van der Waals surface area (Å²) in [6.07, 6.45) is -4.33. The van der Waals surface area contributed by atoms with Gasteiger partial charge in [-0.05, 0) is 24.3 Å². The van der Waals surface area contributed by atoms with Crippen LogP contribution in [0.4, 0.5) is 18.9 Å². The highest BCUT2D eigenvalue weighted by Gasteiger charge is 2.30. The highest BCUT2D eigenvalue weighted by Crippen LogP contribution is 2.33. The van der Waals surface area contributed by atoms with Crippen molar-refractivity contribution in [3.8, 4) is 22.1 Å². The Morgan fingerprint density at radius 3 is 2.48 bits per heavy atom. The van der Waals surface area contributed by atoms with Gasteiger partial charge in [0, 0.05) is 22.7 Å². The first-order valence-electron chi connectivity index (χ1n) is 8.24. The molecule has 140 valence electrons. The Hall–Kier alpha value is -2.74. The minimum absolute atomic E-state index is 0.497. The smallest absolute Gasteiger partial charge is 0.416 e. The number of anilines is 1. The average molecular weight is 392 g/mol. The van der Waals surface area contributed by atoms with E-state index in [0.29, 0.717) is 36.1 Å². The van der Waals surface area contributed by atoms with Crippen molar-refractivity contribution in [3.63, 3.8) is 0 Å². The molecule has 0 unspecified atom stereocenters. The third-order valence-electron chi connectivity index (χ3n) is 4.03. The number of benzene rings is 2. The quantitative estimate of drug-likeness (QED) is 0.662. The maximum Gasteiger partial charge on any atom is 0.416 e. The first-order chi connectivity index (χ1) is 13.0. The summed E-state index contributed by atoms with van der Waals surface area (Å²) in [6.45, 7) is 1.57. The molecule has 1 aliphatic rings. The number of thiazole rings is 1. The Morgan fingerprint density at radius 1 is 1.00 bits per heavy atom. The van der Waals surface area contributed by atoms with Gasteiger partial charge in [0.25, 0.3) is 0 Å². The van der Waals surface area contributed by atoms with Crippen LogP contribution < -0.4 is 14.8 Å². The van der Waals surface area contributed by atoms with Gasteiger partial charge in [-0.1, -0.05) is 12.1 Å². The van der Waals surface area contributed by atoms with Crippen LogP contribution in [0.5, 0.6) is 11.5 Å². The van der Waals surface area contributed by atoms with Crippen molar-refractivity contribution in [1.82, 2.24) is 4.98 Å². The molecule has 0 atom stereocenters. The molecule has 0 saturated carbocycles. The van der Waals surface area contributed by atoms with Crippen LogP contribution in [0.15, 0.2) is 47.8 Å². The number of aromatic nitrogens is 1. The van der Waals surface area contributed by atoms with Gasteiger partial charge in [0.05, 0.1) is 17.8 Å². The molecule has 0 bridgehead atoms. The molecule has 0 radical (unpaired) electrons. The topological polar surface area (TPSA) is 43.4 Å². The average Bonchev–Trinajstić information content (AvgIpc) is 3.15. The van der Waals surface area contributed by atoms with Crippen LogP contribution in [-0.2, 0) is 12.7 Å². The Labute approximate surface area is 157 Å². The number of nitrogens with one attached hydrogen (secondary N) is 1. The summed E-state index contributed by atoms with van der Waals surface area (Å²) < 4.78 is 49.0. The molecule has 1 N–H and O–H groups in total. The van der Waals surface area contributed by atoms with Crippen molar-refractivity contribution in [2.24, 2.45) is 0 Å². The number of alkyl halides is 3. The predicted octanol–water partition coefficient (Wildman–Crippen LogP) is 5.21. The number of fused-ring (bicyclic) bond motifs is 1. The minimum atomic E-state index is -4.33. The fourth-order valence-corrected chi connectivity index (χ4v) is 3.49. The molecular weight excluding hydrogens is 377 g/mol. The van der Waals surface area contributed by atoms with Crippen LogP contribution in [0, 0.1) is 0 Å². The molecular formula is C19H15F3N2O2S. The first-order valence-corrected chi connectivity index (χ1v) is 9.12. The second-order valence-electron chi connectivity index (χ2n) is 5.93. The van der Waals surface area contributed by atoms with Gasteiger partial charge >= 0.3 is 6.18 Å². The summed E-state index contributed by atoms with van der Waals surface area (Å²) in [5.74, 6) is 1.43. The van der Waals surface area contributed by atoms with Crippen molar-refractivity contribution in [3.05, 3.63) is 59.1 Å². The fraction of sp³-hybridized carbons (Fsp3) is 0.211. The van der Waals surface area contributed by atoms with Crippen molar-refractivity contribution in [1.29, 1.82) is 0 Å². The molecule has 4 nitrogen and oxygen atoms in total. The number of ether oxygens (including phenoxy) is 2. The van der Waals surface area contributed by atoms with Crippen molar-refractivity contribution in [2.75, 3.05) is 18.5 Å². The molecule has 2 heterocycles. The number of nitrogens with zero attached hydrogens (tertiary/aromatic N) is 1. The standard InChI is InChI=1S/C19H15F3N2O2S/c20-19(21,22)13-3-1-12(2-4-13)18-24-15(11-27-18)10-23-14-5-6-16-17(9-14)26-8-7-25-16/h1-6,9,11,23H,7-8,10H2. The van der Waals surface area contributed by atoms with Crippen LogP contribution in [-0.4, -0.2) is 18.2 Å². The van der Waals surface area contributed by atoms with Crippen molar-refractivity contribution < 1.29 is 22.6 Å². The lowest BCUT2D eigenvalue weighted by molar-refractivity contribution is -0.137. The van der Waals surface area contributed by atoms with Crippen LogP contribution in [0.2, 0.25) is 0 Å². The van der Waals surface area contributed by atoms with Crippen molar-refractivity contribution >= 4 is 17.0 Å². The van der Waals surface area contributed by atoms with Gasteiger partial charge in [-0.2, -0.15) is 13.2 Å². The number of rotatable bonds is 4. The Bertz CT molecular complexity index is 939. The maximum absolute atomic E-state index is 12.7. The monoisotopic (exact) mass is 392 g/mol. The predicted molar refractivity (Wildman–Crippen MR) is 97.3 cm³/mol. The molecule has 2 aromatic carbocycles. The van der Waals surface area contributed by atoms with Gasteiger partial charge < -0.3 is 14.8 Å². The van der Waals surface area contributed by atoms with Gasteiger partial charge in [-0.25, -0.2) is 4.98 Å². The number of hydrogen-bond donors (Lipinski definition) is 1. The van der Waals surface area contributed by atoms with Crippen LogP contribution in [0.3, 0.4) is 0 Å². The molecule has 0 aliphatic carbocycles. The van der Waals surface area contributed by atoms with E-state index in [-0.39, 0.29) is 0 Å². The molecule has 0 amide bonds. The third kappa shape index (κ3) is 4.00. The van der Waals surface area contributed by atoms with E-state index >= 15 is 0 Å². The first kappa shape index (κ1) is 17.7. The summed E-state index contributed by atoms with van der Waals surface area (Å²) >= 11 is 1.40. The van der Waals surface area contributed by atoms with E-state index in [1.165, 1.54) is 23.5 Å². The second-order valence-corrected chi connectivity index (χ2v) is 6.79. The third-order valence-corrected chi connectivity index (χ3v) is 4.97. The van der Waals surface area contributed by atoms with E-state index in [0.717, 1.165) is 29.3 Å². The second kappa shape index (κ2) is 7.11. The molecule has 0 saturated heterocycles. The molecule has 8 heteroatoms. The maximum atomic E-state index is 12.7. The lowest BCUT2D eigenvalue weighted by Gasteiger charge is -2.19. The zero-order valence-corrected chi connectivity index (χ0v) is 14.9. The molecule has 27 heavy (non-hydrogen) atoms. The van der Waals surface area contributed by atoms with Crippen LogP contribution >= 0.6 is 11.3 Å².